The SMILES string of the molecule is Cc1nc(C(=O)N2CCC[C@@H](C)[C@H]2CCc2nc3ccccc3o2)c(-c2ccccc2)s1. The highest BCUT2D eigenvalue weighted by atomic mass is 32.1. The Hall–Kier alpha value is -2.99. The number of rotatable bonds is 5. The van der Waals surface area contributed by atoms with Crippen molar-refractivity contribution in [1.29, 1.82) is 0 Å². The highest BCUT2D eigenvalue weighted by Crippen LogP contribution is 2.34. The second-order valence-corrected chi connectivity index (χ2v) is 9.78. The lowest BCUT2D eigenvalue weighted by molar-refractivity contribution is 0.0491. The Morgan fingerprint density at radius 3 is 2.72 bits per heavy atom. The minimum atomic E-state index is 0.0438. The zero-order valence-electron chi connectivity index (χ0n) is 18.5. The molecule has 2 aromatic carbocycles. The predicted octanol–water partition coefficient (Wildman–Crippen LogP) is 6.13. The zero-order chi connectivity index (χ0) is 22.1. The first-order chi connectivity index (χ1) is 15.6. The molecular weight excluding hydrogens is 418 g/mol. The Labute approximate surface area is 192 Å². The van der Waals surface area contributed by atoms with Crippen molar-refractivity contribution >= 4 is 28.3 Å². The molecule has 1 fully saturated rings. The topological polar surface area (TPSA) is 59.2 Å². The number of thiazole rings is 1. The lowest BCUT2D eigenvalue weighted by atomic mass is 9.87. The van der Waals surface area contributed by atoms with E-state index in [1.165, 1.54) is 0 Å². The van der Waals surface area contributed by atoms with E-state index in [9.17, 15) is 4.79 Å². The van der Waals surface area contributed by atoms with Crippen LogP contribution in [-0.4, -0.2) is 33.4 Å². The van der Waals surface area contributed by atoms with Gasteiger partial charge in [-0.2, -0.15) is 0 Å². The van der Waals surface area contributed by atoms with Crippen LogP contribution < -0.4 is 0 Å². The first kappa shape index (κ1) is 20.9. The summed E-state index contributed by atoms with van der Waals surface area (Å²) in [7, 11) is 0. The van der Waals surface area contributed by atoms with Gasteiger partial charge in [-0.3, -0.25) is 4.79 Å². The van der Waals surface area contributed by atoms with Gasteiger partial charge in [0.15, 0.2) is 11.5 Å². The second kappa shape index (κ2) is 8.87. The van der Waals surface area contributed by atoms with Gasteiger partial charge in [-0.25, -0.2) is 9.97 Å². The van der Waals surface area contributed by atoms with Crippen LogP contribution in [0, 0.1) is 12.8 Å². The minimum absolute atomic E-state index is 0.0438. The Balaban J connectivity index is 1.39. The standard InChI is InChI=1S/C26H27N3O2S/c1-17-9-8-16-29(21(17)14-15-23-28-20-12-6-7-13-22(20)31-23)26(30)24-25(32-18(2)27-24)19-10-4-3-5-11-19/h3-7,10-13,17,21H,8-9,14-16H2,1-2H3/t17-,21-/m1/s1. The minimum Gasteiger partial charge on any atom is -0.441 e. The molecular formula is C26H27N3O2S. The number of hydrogen-bond acceptors (Lipinski definition) is 5. The van der Waals surface area contributed by atoms with Crippen molar-refractivity contribution in [2.75, 3.05) is 6.54 Å². The molecule has 0 unspecified atom stereocenters. The molecule has 0 radical (unpaired) electrons. The molecule has 0 N–H and O–H groups in total. The van der Waals surface area contributed by atoms with Crippen molar-refractivity contribution in [2.24, 2.45) is 5.92 Å². The van der Waals surface area contributed by atoms with E-state index in [0.717, 1.165) is 64.7 Å². The van der Waals surface area contributed by atoms with Gasteiger partial charge in [0.25, 0.3) is 5.91 Å². The van der Waals surface area contributed by atoms with Crippen molar-refractivity contribution < 1.29 is 9.21 Å². The third-order valence-corrected chi connectivity index (χ3v) is 7.36. The fourth-order valence-corrected chi connectivity index (χ4v) is 5.65. The normalized spacial score (nSPS) is 18.9. The van der Waals surface area contributed by atoms with Gasteiger partial charge in [0, 0.05) is 19.0 Å². The van der Waals surface area contributed by atoms with Crippen LogP contribution in [-0.2, 0) is 6.42 Å². The number of aromatic nitrogens is 2. The number of para-hydroxylation sites is 2. The Morgan fingerprint density at radius 1 is 1.12 bits per heavy atom. The smallest absolute Gasteiger partial charge is 0.274 e. The van der Waals surface area contributed by atoms with Crippen LogP contribution in [0.5, 0.6) is 0 Å². The van der Waals surface area contributed by atoms with Gasteiger partial charge < -0.3 is 9.32 Å². The van der Waals surface area contributed by atoms with Gasteiger partial charge in [0.2, 0.25) is 0 Å². The van der Waals surface area contributed by atoms with Gasteiger partial charge in [0.1, 0.15) is 11.2 Å². The zero-order valence-corrected chi connectivity index (χ0v) is 19.3. The third kappa shape index (κ3) is 4.07. The number of fused-ring (bicyclic) bond motifs is 1. The fraction of sp³-hybridized carbons (Fsp3) is 0.346. The molecule has 1 aliphatic rings. The Bertz CT molecular complexity index is 1200. The first-order valence-corrected chi connectivity index (χ1v) is 12.1. The van der Waals surface area contributed by atoms with Crippen molar-refractivity contribution in [2.45, 2.75) is 45.6 Å². The molecule has 0 aliphatic carbocycles. The van der Waals surface area contributed by atoms with Gasteiger partial charge in [-0.05, 0) is 49.8 Å². The molecule has 1 aliphatic heterocycles. The highest BCUT2D eigenvalue weighted by Gasteiger charge is 2.34. The molecule has 32 heavy (non-hydrogen) atoms. The summed E-state index contributed by atoms with van der Waals surface area (Å²) in [6.07, 6.45) is 3.71. The largest absolute Gasteiger partial charge is 0.441 e. The van der Waals surface area contributed by atoms with E-state index in [2.05, 4.69) is 21.8 Å². The van der Waals surface area contributed by atoms with Crippen molar-refractivity contribution in [1.82, 2.24) is 14.9 Å². The van der Waals surface area contributed by atoms with Gasteiger partial charge >= 0.3 is 0 Å². The summed E-state index contributed by atoms with van der Waals surface area (Å²) >= 11 is 1.59. The van der Waals surface area contributed by atoms with E-state index < -0.39 is 0 Å². The van der Waals surface area contributed by atoms with E-state index >= 15 is 0 Å². The van der Waals surface area contributed by atoms with Gasteiger partial charge in [0.05, 0.1) is 9.88 Å². The summed E-state index contributed by atoms with van der Waals surface area (Å²) in [6, 6.07) is 18.1. The molecule has 5 nitrogen and oxygen atoms in total. The number of amides is 1. The molecule has 164 valence electrons. The predicted molar refractivity (Wildman–Crippen MR) is 128 cm³/mol. The first-order valence-electron chi connectivity index (χ1n) is 11.3. The van der Waals surface area contributed by atoms with Crippen molar-refractivity contribution in [3.8, 4) is 10.4 Å². The lowest BCUT2D eigenvalue weighted by Gasteiger charge is -2.40. The van der Waals surface area contributed by atoms with E-state index in [4.69, 9.17) is 4.42 Å². The van der Waals surface area contributed by atoms with Gasteiger partial charge in [-0.1, -0.05) is 49.4 Å². The molecule has 2 aromatic heterocycles. The number of nitrogens with zero attached hydrogens (tertiary/aromatic N) is 3. The van der Waals surface area contributed by atoms with Crippen molar-refractivity contribution in [3.63, 3.8) is 0 Å². The molecule has 0 bridgehead atoms. The molecule has 1 amide bonds. The van der Waals surface area contributed by atoms with Gasteiger partial charge in [-0.15, -0.1) is 11.3 Å². The Morgan fingerprint density at radius 2 is 1.91 bits per heavy atom. The van der Waals surface area contributed by atoms with Crippen LogP contribution in [0.25, 0.3) is 21.5 Å². The number of piperidine rings is 1. The molecule has 6 heteroatoms. The number of carbonyl (C=O) groups is 1. The van der Waals surface area contributed by atoms with Crippen LogP contribution in [0.2, 0.25) is 0 Å². The van der Waals surface area contributed by atoms with E-state index in [1.54, 1.807) is 11.3 Å². The fourth-order valence-electron chi connectivity index (χ4n) is 4.73. The molecule has 3 heterocycles. The average Bonchev–Trinajstić information content (AvgIpc) is 3.41. The molecule has 0 spiro atoms. The summed E-state index contributed by atoms with van der Waals surface area (Å²) in [5.74, 6) is 1.21. The molecule has 4 aromatic rings. The van der Waals surface area contributed by atoms with Crippen LogP contribution >= 0.6 is 11.3 Å². The number of carbonyl (C=O) groups excluding carboxylic acids is 1. The van der Waals surface area contributed by atoms with E-state index in [0.29, 0.717) is 11.6 Å². The van der Waals surface area contributed by atoms with Crippen LogP contribution in [0.15, 0.2) is 59.0 Å². The highest BCUT2D eigenvalue weighted by molar-refractivity contribution is 7.15. The average molecular weight is 446 g/mol. The third-order valence-electron chi connectivity index (χ3n) is 6.34. The summed E-state index contributed by atoms with van der Waals surface area (Å²) in [4.78, 5) is 26.1. The number of benzene rings is 2. The van der Waals surface area contributed by atoms with E-state index in [1.807, 2.05) is 61.5 Å². The molecule has 2 atom stereocenters. The Kier molecular flexibility index (Phi) is 5.79. The number of aryl methyl sites for hydroxylation is 2. The van der Waals surface area contributed by atoms with Crippen LogP contribution in [0.1, 0.15) is 47.6 Å². The lowest BCUT2D eigenvalue weighted by Crippen LogP contribution is -2.48. The second-order valence-electron chi connectivity index (χ2n) is 8.58. The summed E-state index contributed by atoms with van der Waals surface area (Å²) in [5.41, 5.74) is 3.34. The number of hydrogen-bond donors (Lipinski definition) is 0. The van der Waals surface area contributed by atoms with E-state index in [-0.39, 0.29) is 11.9 Å². The van der Waals surface area contributed by atoms with Crippen LogP contribution in [0.3, 0.4) is 0 Å². The number of oxazole rings is 1. The summed E-state index contributed by atoms with van der Waals surface area (Å²) < 4.78 is 5.93. The maximum absolute atomic E-state index is 13.7. The number of likely N-dealkylation sites (tertiary alicyclic amines) is 1. The molecule has 5 rings (SSSR count). The summed E-state index contributed by atoms with van der Waals surface area (Å²) in [5, 5.41) is 0.917. The maximum Gasteiger partial charge on any atom is 0.274 e. The summed E-state index contributed by atoms with van der Waals surface area (Å²) in [6.45, 7) is 4.99. The van der Waals surface area contributed by atoms with Crippen LogP contribution in [0.4, 0.5) is 0 Å². The monoisotopic (exact) mass is 445 g/mol. The van der Waals surface area contributed by atoms with Crippen molar-refractivity contribution in [3.05, 3.63) is 71.2 Å². The molecule has 0 saturated carbocycles. The maximum atomic E-state index is 13.7. The molecule has 1 saturated heterocycles. The quantitative estimate of drug-likeness (QED) is 0.371.